The van der Waals surface area contributed by atoms with Gasteiger partial charge in [-0.05, 0) is 49.4 Å². The second-order valence-electron chi connectivity index (χ2n) is 12.3. The summed E-state index contributed by atoms with van der Waals surface area (Å²) in [6, 6.07) is 14.1. The summed E-state index contributed by atoms with van der Waals surface area (Å²) in [6.45, 7) is 7.05. The summed E-state index contributed by atoms with van der Waals surface area (Å²) in [5.41, 5.74) is 3.34. The Morgan fingerprint density at radius 1 is 0.935 bits per heavy atom. The van der Waals surface area contributed by atoms with Crippen LogP contribution in [0.3, 0.4) is 0 Å². The standard InChI is InChI=1S/C33H40N10O3/c1-21(2)17-28-32-35-22(3)38-42(32)16-15-41(31(45)20-43-39-26-11-6-7-12-27(26)40-43)14-8-13-30(44)36-29(33(46)37-28)18-23-19-34-25-10-5-4-9-24(23)25/h4-7,9-12,19,21,28-29,34H,8,13-18,20H2,1-3H3,(H,36,44)(H,37,46)/t28-,29+/m0/s1. The van der Waals surface area contributed by atoms with Crippen molar-refractivity contribution in [1.82, 2.24) is 50.3 Å². The molecule has 0 saturated heterocycles. The summed E-state index contributed by atoms with van der Waals surface area (Å²) in [4.78, 5) is 51.9. The van der Waals surface area contributed by atoms with Crippen LogP contribution in [0.5, 0.6) is 0 Å². The van der Waals surface area contributed by atoms with Crippen LogP contribution in [0, 0.1) is 12.8 Å². The van der Waals surface area contributed by atoms with Gasteiger partial charge in [0.2, 0.25) is 17.7 Å². The normalized spacial score (nSPS) is 18.4. The molecule has 3 amide bonds. The molecule has 3 aromatic heterocycles. The molecule has 13 nitrogen and oxygen atoms in total. The predicted octanol–water partition coefficient (Wildman–Crippen LogP) is 3.07. The van der Waals surface area contributed by atoms with Crippen LogP contribution in [-0.2, 0) is 33.9 Å². The van der Waals surface area contributed by atoms with E-state index in [2.05, 4.69) is 44.8 Å². The van der Waals surface area contributed by atoms with E-state index in [4.69, 9.17) is 4.98 Å². The van der Waals surface area contributed by atoms with Crippen LogP contribution in [0.2, 0.25) is 0 Å². The molecule has 0 aliphatic carbocycles. The highest BCUT2D eigenvalue weighted by Gasteiger charge is 2.29. The van der Waals surface area contributed by atoms with E-state index in [1.54, 1.807) is 9.58 Å². The summed E-state index contributed by atoms with van der Waals surface area (Å²) in [5.74, 6) is 0.771. The second kappa shape index (κ2) is 13.5. The molecule has 46 heavy (non-hydrogen) atoms. The van der Waals surface area contributed by atoms with Crippen LogP contribution < -0.4 is 10.6 Å². The molecule has 5 aromatic rings. The third-order valence-corrected chi connectivity index (χ3v) is 8.26. The van der Waals surface area contributed by atoms with Crippen molar-refractivity contribution in [1.29, 1.82) is 0 Å². The number of carbonyl (C=O) groups is 3. The fourth-order valence-electron chi connectivity index (χ4n) is 6.07. The van der Waals surface area contributed by atoms with Crippen molar-refractivity contribution in [3.05, 3.63) is 71.9 Å². The van der Waals surface area contributed by atoms with Crippen molar-refractivity contribution in [2.75, 3.05) is 13.1 Å². The van der Waals surface area contributed by atoms with Crippen LogP contribution in [-0.4, -0.2) is 76.5 Å². The number of nitrogens with zero attached hydrogens (tertiary/aromatic N) is 7. The lowest BCUT2D eigenvalue weighted by atomic mass is 10.0. The van der Waals surface area contributed by atoms with Gasteiger partial charge in [-0.2, -0.15) is 20.1 Å². The smallest absolute Gasteiger partial charge is 0.246 e. The number of hydrogen-bond acceptors (Lipinski definition) is 7. The first kappa shape index (κ1) is 30.9. The van der Waals surface area contributed by atoms with Crippen molar-refractivity contribution in [3.8, 4) is 0 Å². The number of benzene rings is 2. The van der Waals surface area contributed by atoms with Crippen molar-refractivity contribution in [2.45, 2.75) is 71.6 Å². The van der Waals surface area contributed by atoms with E-state index in [0.717, 1.165) is 27.5 Å². The van der Waals surface area contributed by atoms with E-state index in [1.807, 2.05) is 61.7 Å². The zero-order chi connectivity index (χ0) is 32.2. The highest BCUT2D eigenvalue weighted by Crippen LogP contribution is 2.23. The quantitative estimate of drug-likeness (QED) is 0.262. The van der Waals surface area contributed by atoms with E-state index in [1.165, 1.54) is 4.80 Å². The average molecular weight is 625 g/mol. The molecule has 3 N–H and O–H groups in total. The molecule has 0 unspecified atom stereocenters. The Hall–Kier alpha value is -5.07. The number of amides is 3. The molecule has 6 rings (SSSR count). The summed E-state index contributed by atoms with van der Waals surface area (Å²) in [5, 5.41) is 20.7. The van der Waals surface area contributed by atoms with Crippen molar-refractivity contribution >= 4 is 39.7 Å². The van der Waals surface area contributed by atoms with E-state index < -0.39 is 12.1 Å². The molecule has 0 spiro atoms. The molecule has 0 bridgehead atoms. The van der Waals surface area contributed by atoms with Crippen LogP contribution in [0.15, 0.2) is 54.7 Å². The first-order chi connectivity index (χ1) is 22.2. The summed E-state index contributed by atoms with van der Waals surface area (Å²) in [6.07, 6.45) is 3.42. The van der Waals surface area contributed by atoms with Gasteiger partial charge in [-0.1, -0.05) is 44.2 Å². The maximum atomic E-state index is 13.9. The number of aromatic amines is 1. The van der Waals surface area contributed by atoms with Gasteiger partial charge < -0.3 is 20.5 Å². The summed E-state index contributed by atoms with van der Waals surface area (Å²) < 4.78 is 1.79. The Morgan fingerprint density at radius 3 is 2.43 bits per heavy atom. The molecule has 240 valence electrons. The Kier molecular flexibility index (Phi) is 9.08. The maximum Gasteiger partial charge on any atom is 0.246 e. The third-order valence-electron chi connectivity index (χ3n) is 8.26. The molecule has 13 heteroatoms. The van der Waals surface area contributed by atoms with Gasteiger partial charge in [0.05, 0.1) is 12.6 Å². The predicted molar refractivity (Wildman–Crippen MR) is 172 cm³/mol. The SMILES string of the molecule is Cc1nc2n(n1)CCN(C(=O)Cn1nc3ccccc3n1)CCCC(=O)N[C@H](Cc1c[nH]c3ccccc13)C(=O)N[C@H]2CC(C)C. The minimum atomic E-state index is -0.806. The highest BCUT2D eigenvalue weighted by atomic mass is 16.2. The molecular formula is C33H40N10O3. The first-order valence-corrected chi connectivity index (χ1v) is 15.9. The minimum Gasteiger partial charge on any atom is -0.361 e. The summed E-state index contributed by atoms with van der Waals surface area (Å²) in [7, 11) is 0. The van der Waals surface area contributed by atoms with E-state index in [-0.39, 0.29) is 36.6 Å². The number of carbonyl (C=O) groups excluding carboxylic acids is 3. The van der Waals surface area contributed by atoms with Gasteiger partial charge in [0, 0.05) is 43.0 Å². The first-order valence-electron chi connectivity index (χ1n) is 15.9. The van der Waals surface area contributed by atoms with Crippen LogP contribution >= 0.6 is 0 Å². The number of H-pyrrole nitrogens is 1. The van der Waals surface area contributed by atoms with E-state index >= 15 is 0 Å². The van der Waals surface area contributed by atoms with Crippen molar-refractivity contribution < 1.29 is 14.4 Å². The van der Waals surface area contributed by atoms with Gasteiger partial charge in [0.1, 0.15) is 35.3 Å². The van der Waals surface area contributed by atoms with Gasteiger partial charge in [0.15, 0.2) is 0 Å². The number of aryl methyl sites for hydroxylation is 1. The van der Waals surface area contributed by atoms with Gasteiger partial charge >= 0.3 is 0 Å². The molecular weight excluding hydrogens is 584 g/mol. The number of aromatic nitrogens is 7. The largest absolute Gasteiger partial charge is 0.361 e. The van der Waals surface area contributed by atoms with E-state index in [0.29, 0.717) is 50.5 Å². The topological polar surface area (TPSA) is 156 Å². The molecule has 2 aromatic carbocycles. The lowest BCUT2D eigenvalue weighted by molar-refractivity contribution is -0.133. The third kappa shape index (κ3) is 7.08. The van der Waals surface area contributed by atoms with Crippen molar-refractivity contribution in [3.63, 3.8) is 0 Å². The minimum absolute atomic E-state index is 0.0250. The van der Waals surface area contributed by atoms with E-state index in [9.17, 15) is 14.4 Å². The Morgan fingerprint density at radius 2 is 1.67 bits per heavy atom. The van der Waals surface area contributed by atoms with Gasteiger partial charge in [-0.25, -0.2) is 9.67 Å². The molecule has 1 aliphatic rings. The van der Waals surface area contributed by atoms with Gasteiger partial charge in [-0.3, -0.25) is 14.4 Å². The number of rotatable bonds is 6. The molecule has 1 aliphatic heterocycles. The van der Waals surface area contributed by atoms with Gasteiger partial charge in [-0.15, -0.1) is 0 Å². The number of para-hydroxylation sites is 1. The fraction of sp³-hybridized carbons (Fsp3) is 0.424. The Bertz CT molecular complexity index is 1820. The lowest BCUT2D eigenvalue weighted by Crippen LogP contribution is -2.49. The zero-order valence-electron chi connectivity index (χ0n) is 26.4. The van der Waals surface area contributed by atoms with Crippen LogP contribution in [0.25, 0.3) is 21.9 Å². The maximum absolute atomic E-state index is 13.9. The molecule has 4 heterocycles. The molecule has 2 atom stereocenters. The zero-order valence-corrected chi connectivity index (χ0v) is 26.4. The number of fused-ring (bicyclic) bond motifs is 3. The molecule has 0 radical (unpaired) electrons. The lowest BCUT2D eigenvalue weighted by Gasteiger charge is -2.27. The highest BCUT2D eigenvalue weighted by molar-refractivity contribution is 5.90. The Balaban J connectivity index is 1.28. The monoisotopic (exact) mass is 624 g/mol. The average Bonchev–Trinajstić information content (AvgIpc) is 3.73. The number of hydrogen-bond donors (Lipinski definition) is 3. The Labute approximate surface area is 266 Å². The number of nitrogens with one attached hydrogen (secondary N) is 3. The molecule has 0 saturated carbocycles. The fourth-order valence-corrected chi connectivity index (χ4v) is 6.07. The van der Waals surface area contributed by atoms with Crippen LogP contribution in [0.4, 0.5) is 0 Å². The van der Waals surface area contributed by atoms with Gasteiger partial charge in [0.25, 0.3) is 0 Å². The van der Waals surface area contributed by atoms with Crippen LogP contribution in [0.1, 0.15) is 56.4 Å². The molecule has 0 fully saturated rings. The van der Waals surface area contributed by atoms with Crippen molar-refractivity contribution in [2.24, 2.45) is 5.92 Å². The second-order valence-corrected chi connectivity index (χ2v) is 12.3. The summed E-state index contributed by atoms with van der Waals surface area (Å²) >= 11 is 0.